The van der Waals surface area contributed by atoms with E-state index in [0.717, 1.165) is 6.08 Å². The number of hydrogen-bond acceptors (Lipinski definition) is 2. The van der Waals surface area contributed by atoms with Crippen molar-refractivity contribution in [2.75, 3.05) is 0 Å². The van der Waals surface area contributed by atoms with Crippen molar-refractivity contribution in [2.24, 2.45) is 0 Å². The van der Waals surface area contributed by atoms with Crippen LogP contribution in [0.15, 0.2) is 24.8 Å². The van der Waals surface area contributed by atoms with Crippen LogP contribution >= 0.6 is 0 Å². The predicted molar refractivity (Wildman–Crippen MR) is 40.3 cm³/mol. The third-order valence-electron chi connectivity index (χ3n) is 0.540. The summed E-state index contributed by atoms with van der Waals surface area (Å²) in [5, 5.41) is 15.5. The smallest absolute Gasteiger partial charge is 0.330 e. The van der Waals surface area contributed by atoms with Crippen LogP contribution in [0.4, 0.5) is 0 Å². The summed E-state index contributed by atoms with van der Waals surface area (Å²) in [5.41, 5.74) is 0.176. The van der Waals surface area contributed by atoms with Crippen molar-refractivity contribution in [2.45, 2.75) is 6.92 Å². The molecule has 0 saturated heterocycles. The quantitative estimate of drug-likeness (QED) is 0.537. The summed E-state index contributed by atoms with van der Waals surface area (Å²) in [7, 11) is 0. The van der Waals surface area contributed by atoms with Crippen molar-refractivity contribution in [3.05, 3.63) is 24.8 Å². The van der Waals surface area contributed by atoms with Gasteiger partial charge in [-0.2, -0.15) is 0 Å². The molecule has 0 heterocycles. The van der Waals surface area contributed by atoms with E-state index < -0.39 is 11.9 Å². The normalized spacial score (nSPS) is 6.42. The molecule has 0 saturated carbocycles. The van der Waals surface area contributed by atoms with Crippen LogP contribution in [0.1, 0.15) is 6.92 Å². The van der Waals surface area contributed by atoms with E-state index in [4.69, 9.17) is 10.2 Å². The number of carboxylic acid groups (broad SMARTS) is 2. The van der Waals surface area contributed by atoms with Gasteiger partial charge in [0.15, 0.2) is 0 Å². The third-order valence-corrected chi connectivity index (χ3v) is 0.540. The monoisotopic (exact) mass is 221 g/mol. The van der Waals surface area contributed by atoms with E-state index in [1.54, 1.807) is 0 Å². The van der Waals surface area contributed by atoms with Gasteiger partial charge in [-0.05, 0) is 6.92 Å². The van der Waals surface area contributed by atoms with Gasteiger partial charge in [0.05, 0.1) is 0 Å². The molecule has 0 unspecified atom stereocenters. The maximum absolute atomic E-state index is 9.60. The average molecular weight is 222 g/mol. The molecule has 12 heavy (non-hydrogen) atoms. The van der Waals surface area contributed by atoms with E-state index in [0.29, 0.717) is 0 Å². The molecule has 2 N–H and O–H groups in total. The Kier molecular flexibility index (Phi) is 14.2. The van der Waals surface area contributed by atoms with Crippen LogP contribution in [0.2, 0.25) is 0 Å². The number of carboxylic acids is 2. The second kappa shape index (κ2) is 9.94. The molecule has 5 heteroatoms. The molecule has 0 aliphatic heterocycles. The summed E-state index contributed by atoms with van der Waals surface area (Å²) in [6, 6.07) is 0. The van der Waals surface area contributed by atoms with Crippen LogP contribution in [-0.4, -0.2) is 22.2 Å². The Morgan fingerprint density at radius 2 is 1.50 bits per heavy atom. The van der Waals surface area contributed by atoms with Gasteiger partial charge < -0.3 is 10.2 Å². The number of aliphatic carboxylic acids is 2. The molecule has 0 aromatic heterocycles. The fraction of sp³-hybridized carbons (Fsp3) is 0.143. The molecular weight excluding hydrogens is 212 g/mol. The molecule has 0 bridgehead atoms. The molecule has 0 aliphatic carbocycles. The summed E-state index contributed by atoms with van der Waals surface area (Å²) in [4.78, 5) is 18.8. The van der Waals surface area contributed by atoms with Crippen LogP contribution < -0.4 is 0 Å². The van der Waals surface area contributed by atoms with Gasteiger partial charge in [-0.15, -0.1) is 0 Å². The number of carbonyl (C=O) groups is 2. The fourth-order valence-corrected chi connectivity index (χ4v) is 0. The number of hydrogen-bond donors (Lipinski definition) is 2. The largest absolute Gasteiger partial charge is 0.478 e. The fourth-order valence-electron chi connectivity index (χ4n) is 0. The van der Waals surface area contributed by atoms with E-state index in [-0.39, 0.29) is 22.6 Å². The van der Waals surface area contributed by atoms with Crippen molar-refractivity contribution in [3.8, 4) is 0 Å². The second-order valence-electron chi connectivity index (χ2n) is 1.63. The summed E-state index contributed by atoms with van der Waals surface area (Å²) < 4.78 is 0. The minimum absolute atomic E-state index is 0. The molecule has 4 nitrogen and oxygen atoms in total. The summed E-state index contributed by atoms with van der Waals surface area (Å²) in [5.74, 6) is -1.92. The van der Waals surface area contributed by atoms with Gasteiger partial charge in [0.2, 0.25) is 0 Å². The van der Waals surface area contributed by atoms with Crippen LogP contribution in [-0.2, 0) is 26.7 Å². The first-order valence-electron chi connectivity index (χ1n) is 2.66. The standard InChI is InChI=1S/C4H6O2.C3H4O2.Cu/c1-3(2)4(5)6;1-2-3(4)5;/h1H2,2H3,(H,5,6);2H,1H2,(H,4,5);. The van der Waals surface area contributed by atoms with Gasteiger partial charge >= 0.3 is 11.9 Å². The van der Waals surface area contributed by atoms with Gasteiger partial charge in [0.25, 0.3) is 0 Å². The van der Waals surface area contributed by atoms with Crippen molar-refractivity contribution in [3.63, 3.8) is 0 Å². The molecule has 0 aliphatic rings. The van der Waals surface area contributed by atoms with E-state index >= 15 is 0 Å². The average Bonchev–Trinajstić information content (AvgIpc) is 1.89. The molecule has 73 valence electrons. The van der Waals surface area contributed by atoms with Gasteiger partial charge in [-0.1, -0.05) is 13.2 Å². The van der Waals surface area contributed by atoms with E-state index in [1.165, 1.54) is 6.92 Å². The molecule has 1 radical (unpaired) electrons. The Morgan fingerprint density at radius 1 is 1.33 bits per heavy atom. The summed E-state index contributed by atoms with van der Waals surface area (Å²) >= 11 is 0. The second-order valence-corrected chi connectivity index (χ2v) is 1.63. The molecular formula is C7H10CuO4. The zero-order chi connectivity index (χ0) is 9.44. The van der Waals surface area contributed by atoms with Crippen molar-refractivity contribution in [1.82, 2.24) is 0 Å². The zero-order valence-electron chi connectivity index (χ0n) is 6.50. The van der Waals surface area contributed by atoms with Crippen LogP contribution in [0, 0.1) is 0 Å². The molecule has 0 amide bonds. The first-order valence-corrected chi connectivity index (χ1v) is 2.66. The SMILES string of the molecule is C=C(C)C(=O)O.C=CC(=O)O.[Cu]. The topological polar surface area (TPSA) is 74.6 Å². The maximum Gasteiger partial charge on any atom is 0.330 e. The Bertz CT molecular complexity index is 174. The Balaban J connectivity index is -0.000000126. The Hall–Kier alpha value is -1.06. The first-order chi connectivity index (χ1) is 4.91. The van der Waals surface area contributed by atoms with Gasteiger partial charge in [-0.25, -0.2) is 9.59 Å². The minimum Gasteiger partial charge on any atom is -0.478 e. The van der Waals surface area contributed by atoms with Gasteiger partial charge in [0.1, 0.15) is 0 Å². The van der Waals surface area contributed by atoms with Crippen LogP contribution in [0.3, 0.4) is 0 Å². The molecule has 0 aromatic rings. The van der Waals surface area contributed by atoms with E-state index in [1.807, 2.05) is 0 Å². The summed E-state index contributed by atoms with van der Waals surface area (Å²) in [6.45, 7) is 7.56. The van der Waals surface area contributed by atoms with Crippen LogP contribution in [0.5, 0.6) is 0 Å². The Morgan fingerprint density at radius 3 is 1.50 bits per heavy atom. The molecule has 0 spiro atoms. The van der Waals surface area contributed by atoms with Gasteiger partial charge in [0, 0.05) is 28.7 Å². The van der Waals surface area contributed by atoms with E-state index in [9.17, 15) is 9.59 Å². The van der Waals surface area contributed by atoms with Crippen molar-refractivity contribution < 1.29 is 36.9 Å². The Labute approximate surface area is 81.1 Å². The maximum atomic E-state index is 9.60. The summed E-state index contributed by atoms with van der Waals surface area (Å²) in [6.07, 6.45) is 0.833. The molecule has 0 fully saturated rings. The van der Waals surface area contributed by atoms with Crippen LogP contribution in [0.25, 0.3) is 0 Å². The predicted octanol–water partition coefficient (Wildman–Crippen LogP) is 0.902. The van der Waals surface area contributed by atoms with E-state index in [2.05, 4.69) is 13.2 Å². The molecule has 0 atom stereocenters. The third kappa shape index (κ3) is 23.1. The van der Waals surface area contributed by atoms with Crippen molar-refractivity contribution >= 4 is 11.9 Å². The van der Waals surface area contributed by atoms with Crippen molar-refractivity contribution in [1.29, 1.82) is 0 Å². The van der Waals surface area contributed by atoms with Gasteiger partial charge in [-0.3, -0.25) is 0 Å². The first kappa shape index (κ1) is 17.1. The zero-order valence-corrected chi connectivity index (χ0v) is 7.45. The number of rotatable bonds is 2. The minimum atomic E-state index is -0.981. The molecule has 0 rings (SSSR count). The molecule has 0 aromatic carbocycles.